The van der Waals surface area contributed by atoms with Gasteiger partial charge >= 0.3 is 0 Å². The number of anilines is 2. The summed E-state index contributed by atoms with van der Waals surface area (Å²) in [6, 6.07) is 10.5. The fraction of sp³-hybridized carbons (Fsp3) is 0.231. The molecule has 1 aliphatic rings. The molecule has 0 amide bonds. The van der Waals surface area contributed by atoms with Crippen molar-refractivity contribution >= 4 is 34.1 Å². The summed E-state index contributed by atoms with van der Waals surface area (Å²) >= 11 is 6.07. The van der Waals surface area contributed by atoms with Gasteiger partial charge in [0.25, 0.3) is 0 Å². The van der Waals surface area contributed by atoms with Crippen molar-refractivity contribution in [2.24, 2.45) is 0 Å². The highest BCUT2D eigenvalue weighted by Crippen LogP contribution is 2.33. The van der Waals surface area contributed by atoms with Gasteiger partial charge in [0, 0.05) is 17.8 Å². The lowest BCUT2D eigenvalue weighted by Crippen LogP contribution is -2.18. The highest BCUT2D eigenvalue weighted by atomic mass is 35.5. The van der Waals surface area contributed by atoms with Crippen LogP contribution in [0.15, 0.2) is 48.8 Å². The summed E-state index contributed by atoms with van der Waals surface area (Å²) in [5.41, 5.74) is 4.41. The van der Waals surface area contributed by atoms with E-state index in [1.54, 1.807) is 6.20 Å². The molecule has 4 heterocycles. The summed E-state index contributed by atoms with van der Waals surface area (Å²) in [6.07, 6.45) is 5.70. The van der Waals surface area contributed by atoms with Crippen molar-refractivity contribution in [3.8, 4) is 28.7 Å². The van der Waals surface area contributed by atoms with Crippen molar-refractivity contribution in [2.45, 2.75) is 19.4 Å². The number of aromatic amines is 2. The van der Waals surface area contributed by atoms with Crippen LogP contribution < -0.4 is 10.1 Å². The van der Waals surface area contributed by atoms with E-state index in [0.717, 1.165) is 30.7 Å². The number of halogens is 2. The standard InChI is InChI=1S/C26H24ClFN8O/c1-37-22-13-29-24(17-11-16(27)5-6-18(17)28)34-25(22)33-21-12-30-35-23(21)26-31-19-7-4-15(10-20(19)32-26)14-36-8-2-3-9-36/h4-7,10-13H,2-3,8-9,14H2,1H3,(H,30,35)(H,31,32)(H,29,33,34). The Labute approximate surface area is 217 Å². The van der Waals surface area contributed by atoms with Crippen molar-refractivity contribution in [3.63, 3.8) is 0 Å². The summed E-state index contributed by atoms with van der Waals surface area (Å²) in [5.74, 6) is 1.03. The number of H-pyrrole nitrogens is 2. The fourth-order valence-corrected chi connectivity index (χ4v) is 4.73. The van der Waals surface area contributed by atoms with Crippen molar-refractivity contribution in [3.05, 3.63) is 65.2 Å². The normalized spacial score (nSPS) is 13.9. The molecule has 6 rings (SSSR count). The van der Waals surface area contributed by atoms with Gasteiger partial charge in [0.05, 0.1) is 35.6 Å². The van der Waals surface area contributed by atoms with Crippen LogP contribution in [0.5, 0.6) is 5.75 Å². The van der Waals surface area contributed by atoms with Crippen LogP contribution in [0.1, 0.15) is 18.4 Å². The second-order valence-corrected chi connectivity index (χ2v) is 9.36. The molecule has 1 aliphatic heterocycles. The molecule has 3 N–H and O–H groups in total. The Hall–Kier alpha value is -4.02. The quantitative estimate of drug-likeness (QED) is 0.259. The Bertz CT molecular complexity index is 1580. The van der Waals surface area contributed by atoms with Crippen LogP contribution in [-0.4, -0.2) is 55.2 Å². The lowest BCUT2D eigenvalue weighted by Gasteiger charge is -2.14. The molecule has 188 valence electrons. The number of nitrogens with one attached hydrogen (secondary N) is 3. The molecule has 5 aromatic rings. The summed E-state index contributed by atoms with van der Waals surface area (Å²) in [5, 5.41) is 10.9. The summed E-state index contributed by atoms with van der Waals surface area (Å²) in [6.45, 7) is 3.21. The molecule has 0 spiro atoms. The van der Waals surface area contributed by atoms with E-state index >= 15 is 0 Å². The zero-order valence-corrected chi connectivity index (χ0v) is 20.8. The van der Waals surface area contributed by atoms with E-state index in [0.29, 0.717) is 33.8 Å². The predicted octanol–water partition coefficient (Wildman–Crippen LogP) is 5.55. The van der Waals surface area contributed by atoms with Crippen LogP contribution in [0.25, 0.3) is 33.9 Å². The molecule has 0 atom stereocenters. The molecule has 0 radical (unpaired) electrons. The van der Waals surface area contributed by atoms with Gasteiger partial charge in [-0.1, -0.05) is 17.7 Å². The number of hydrogen-bond donors (Lipinski definition) is 3. The number of fused-ring (bicyclic) bond motifs is 1. The molecule has 2 aromatic carbocycles. The minimum atomic E-state index is -0.476. The van der Waals surface area contributed by atoms with E-state index < -0.39 is 5.82 Å². The lowest BCUT2D eigenvalue weighted by atomic mass is 10.2. The molecular formula is C26H24ClFN8O. The third-order valence-electron chi connectivity index (χ3n) is 6.41. The van der Waals surface area contributed by atoms with E-state index in [-0.39, 0.29) is 11.4 Å². The van der Waals surface area contributed by atoms with Crippen LogP contribution in [0.2, 0.25) is 5.02 Å². The van der Waals surface area contributed by atoms with Crippen LogP contribution in [0.4, 0.5) is 15.9 Å². The molecule has 9 nitrogen and oxygen atoms in total. The van der Waals surface area contributed by atoms with Gasteiger partial charge < -0.3 is 15.0 Å². The maximum Gasteiger partial charge on any atom is 0.179 e. The van der Waals surface area contributed by atoms with Crippen LogP contribution in [0, 0.1) is 5.82 Å². The predicted molar refractivity (Wildman–Crippen MR) is 140 cm³/mol. The van der Waals surface area contributed by atoms with Gasteiger partial charge in [-0.15, -0.1) is 0 Å². The van der Waals surface area contributed by atoms with Crippen molar-refractivity contribution in [1.29, 1.82) is 0 Å². The van der Waals surface area contributed by atoms with E-state index in [1.807, 2.05) is 0 Å². The number of methoxy groups -OCH3 is 1. The lowest BCUT2D eigenvalue weighted by molar-refractivity contribution is 0.331. The van der Waals surface area contributed by atoms with Crippen molar-refractivity contribution in [2.75, 3.05) is 25.5 Å². The number of imidazole rings is 1. The number of benzene rings is 2. The topological polar surface area (TPSA) is 108 Å². The molecule has 3 aromatic heterocycles. The zero-order valence-electron chi connectivity index (χ0n) is 20.1. The van der Waals surface area contributed by atoms with E-state index in [2.05, 4.69) is 53.6 Å². The number of rotatable bonds is 7. The van der Waals surface area contributed by atoms with Crippen molar-refractivity contribution < 1.29 is 9.13 Å². The zero-order chi connectivity index (χ0) is 25.4. The number of likely N-dealkylation sites (tertiary alicyclic amines) is 1. The summed E-state index contributed by atoms with van der Waals surface area (Å²) in [7, 11) is 1.51. The molecule has 0 saturated carbocycles. The second kappa shape index (κ2) is 9.79. The number of aromatic nitrogens is 6. The minimum absolute atomic E-state index is 0.169. The molecular weight excluding hydrogens is 495 g/mol. The largest absolute Gasteiger partial charge is 0.491 e. The first-order valence-corrected chi connectivity index (χ1v) is 12.3. The van der Waals surface area contributed by atoms with Crippen molar-refractivity contribution in [1.82, 2.24) is 35.0 Å². The first-order chi connectivity index (χ1) is 18.1. The Morgan fingerprint density at radius 1 is 1.14 bits per heavy atom. The second-order valence-electron chi connectivity index (χ2n) is 8.93. The fourth-order valence-electron chi connectivity index (χ4n) is 4.56. The Morgan fingerprint density at radius 3 is 2.84 bits per heavy atom. The van der Waals surface area contributed by atoms with E-state index in [9.17, 15) is 4.39 Å². The average Bonchev–Trinajstić information content (AvgIpc) is 3.66. The van der Waals surface area contributed by atoms with Gasteiger partial charge in [-0.3, -0.25) is 10.00 Å². The van der Waals surface area contributed by atoms with E-state index in [4.69, 9.17) is 21.3 Å². The number of hydrogen-bond acceptors (Lipinski definition) is 7. The first-order valence-electron chi connectivity index (χ1n) is 12.0. The Kier molecular flexibility index (Phi) is 6.19. The average molecular weight is 519 g/mol. The molecule has 37 heavy (non-hydrogen) atoms. The highest BCUT2D eigenvalue weighted by Gasteiger charge is 2.18. The van der Waals surface area contributed by atoms with Gasteiger partial charge in [-0.25, -0.2) is 19.3 Å². The van der Waals surface area contributed by atoms with Gasteiger partial charge in [0.2, 0.25) is 0 Å². The summed E-state index contributed by atoms with van der Waals surface area (Å²) < 4.78 is 19.9. The van der Waals surface area contributed by atoms with Gasteiger partial charge in [-0.2, -0.15) is 5.10 Å². The molecule has 1 fully saturated rings. The van der Waals surface area contributed by atoms with Gasteiger partial charge in [0.1, 0.15) is 5.82 Å². The molecule has 11 heteroatoms. The monoisotopic (exact) mass is 518 g/mol. The maximum atomic E-state index is 14.5. The minimum Gasteiger partial charge on any atom is -0.491 e. The van der Waals surface area contributed by atoms with Crippen LogP contribution in [-0.2, 0) is 6.54 Å². The summed E-state index contributed by atoms with van der Waals surface area (Å²) in [4.78, 5) is 19.4. The number of ether oxygens (including phenoxy) is 1. The van der Waals surface area contributed by atoms with Gasteiger partial charge in [-0.05, 0) is 61.8 Å². The smallest absolute Gasteiger partial charge is 0.179 e. The number of nitrogens with zero attached hydrogens (tertiary/aromatic N) is 5. The third-order valence-corrected chi connectivity index (χ3v) is 6.65. The Balaban J connectivity index is 1.31. The van der Waals surface area contributed by atoms with E-state index in [1.165, 1.54) is 49.9 Å². The maximum absolute atomic E-state index is 14.5. The van der Waals surface area contributed by atoms with Crippen LogP contribution >= 0.6 is 11.6 Å². The van der Waals surface area contributed by atoms with Crippen LogP contribution in [0.3, 0.4) is 0 Å². The molecule has 1 saturated heterocycles. The SMILES string of the molecule is COc1cnc(-c2cc(Cl)ccc2F)nc1Nc1c[nH]nc1-c1nc2cc(CN3CCCC3)ccc2[nH]1. The molecule has 0 unspecified atom stereocenters. The first kappa shape index (κ1) is 23.4. The Morgan fingerprint density at radius 2 is 2.00 bits per heavy atom. The van der Waals surface area contributed by atoms with Gasteiger partial charge in [0.15, 0.2) is 28.9 Å². The molecule has 0 aliphatic carbocycles. The highest BCUT2D eigenvalue weighted by molar-refractivity contribution is 6.30. The molecule has 0 bridgehead atoms. The third kappa shape index (κ3) is 4.73.